The number of nitrogens with zero attached hydrogens (tertiary/aromatic N) is 1. The lowest BCUT2D eigenvalue weighted by Crippen LogP contribution is -2.36. The quantitative estimate of drug-likeness (QED) is 0.534. The van der Waals surface area contributed by atoms with Gasteiger partial charge in [-0.25, -0.2) is 4.39 Å². The van der Waals surface area contributed by atoms with E-state index in [1.165, 1.54) is 6.07 Å². The van der Waals surface area contributed by atoms with Crippen LogP contribution in [0.5, 0.6) is 0 Å². The SMILES string of the molecule is O=C(Nc1ccccc1C(=O)NCc1ccc(N2CCC(O)CC2)c(F)c1)c1ccccc1. The first kappa shape index (κ1) is 22.5. The number of benzene rings is 3. The highest BCUT2D eigenvalue weighted by Crippen LogP contribution is 2.24. The number of carbonyl (C=O) groups excluding carboxylic acids is 2. The van der Waals surface area contributed by atoms with E-state index in [2.05, 4.69) is 10.6 Å². The molecule has 0 radical (unpaired) electrons. The molecule has 0 aliphatic carbocycles. The zero-order valence-electron chi connectivity index (χ0n) is 18.1. The number of piperidine rings is 1. The number of nitrogens with one attached hydrogen (secondary N) is 2. The Hall–Kier alpha value is -3.71. The average molecular weight is 448 g/mol. The number of halogens is 1. The molecule has 0 aromatic heterocycles. The van der Waals surface area contributed by atoms with Crippen molar-refractivity contribution in [3.05, 3.63) is 95.3 Å². The molecule has 1 aliphatic rings. The molecule has 33 heavy (non-hydrogen) atoms. The van der Waals surface area contributed by atoms with E-state index < -0.39 is 0 Å². The normalized spacial score (nSPS) is 14.1. The Labute approximate surface area is 192 Å². The second kappa shape index (κ2) is 10.3. The Morgan fingerprint density at radius 2 is 1.64 bits per heavy atom. The fraction of sp³-hybridized carbons (Fsp3) is 0.231. The van der Waals surface area contributed by atoms with Crippen molar-refractivity contribution < 1.29 is 19.1 Å². The highest BCUT2D eigenvalue weighted by atomic mass is 19.1. The van der Waals surface area contributed by atoms with Crippen LogP contribution in [0.4, 0.5) is 15.8 Å². The number of aliphatic hydroxyl groups is 1. The molecule has 2 amide bonds. The van der Waals surface area contributed by atoms with Gasteiger partial charge in [-0.3, -0.25) is 9.59 Å². The lowest BCUT2D eigenvalue weighted by molar-refractivity contribution is 0.0951. The first-order valence-electron chi connectivity index (χ1n) is 11.0. The third-order valence-corrected chi connectivity index (χ3v) is 5.73. The van der Waals surface area contributed by atoms with Gasteiger partial charge in [0, 0.05) is 25.2 Å². The van der Waals surface area contributed by atoms with Crippen LogP contribution in [0.15, 0.2) is 72.8 Å². The van der Waals surface area contributed by atoms with Crippen molar-refractivity contribution >= 4 is 23.2 Å². The van der Waals surface area contributed by atoms with Gasteiger partial charge in [-0.05, 0) is 54.8 Å². The molecule has 0 bridgehead atoms. The van der Waals surface area contributed by atoms with Crippen LogP contribution in [0.2, 0.25) is 0 Å². The fourth-order valence-corrected chi connectivity index (χ4v) is 3.88. The third-order valence-electron chi connectivity index (χ3n) is 5.73. The summed E-state index contributed by atoms with van der Waals surface area (Å²) in [6.45, 7) is 1.37. The van der Waals surface area contributed by atoms with Gasteiger partial charge in [-0.1, -0.05) is 36.4 Å². The molecule has 1 saturated heterocycles. The monoisotopic (exact) mass is 447 g/mol. The summed E-state index contributed by atoms with van der Waals surface area (Å²) in [5.41, 5.74) is 2.35. The van der Waals surface area contributed by atoms with Gasteiger partial charge in [0.2, 0.25) is 0 Å². The highest BCUT2D eigenvalue weighted by Gasteiger charge is 2.20. The van der Waals surface area contributed by atoms with Crippen LogP contribution in [-0.2, 0) is 6.54 Å². The van der Waals surface area contributed by atoms with Crippen LogP contribution < -0.4 is 15.5 Å². The number of anilines is 2. The van der Waals surface area contributed by atoms with Gasteiger partial charge in [0.05, 0.1) is 23.0 Å². The van der Waals surface area contributed by atoms with Gasteiger partial charge in [0.25, 0.3) is 11.8 Å². The van der Waals surface area contributed by atoms with Crippen LogP contribution in [0.25, 0.3) is 0 Å². The number of hydrogen-bond donors (Lipinski definition) is 3. The van der Waals surface area contributed by atoms with Crippen LogP contribution in [-0.4, -0.2) is 36.1 Å². The van der Waals surface area contributed by atoms with Crippen molar-refractivity contribution in [2.45, 2.75) is 25.5 Å². The van der Waals surface area contributed by atoms with Crippen molar-refractivity contribution in [2.24, 2.45) is 0 Å². The summed E-state index contributed by atoms with van der Waals surface area (Å²) in [6, 6.07) is 20.4. The average Bonchev–Trinajstić information content (AvgIpc) is 2.84. The minimum Gasteiger partial charge on any atom is -0.393 e. The molecule has 0 spiro atoms. The van der Waals surface area contributed by atoms with E-state index in [0.717, 1.165) is 0 Å². The van der Waals surface area contributed by atoms with E-state index in [-0.39, 0.29) is 30.3 Å². The molecule has 3 aromatic carbocycles. The Bertz CT molecular complexity index is 1130. The van der Waals surface area contributed by atoms with E-state index in [4.69, 9.17) is 0 Å². The van der Waals surface area contributed by atoms with Crippen LogP contribution >= 0.6 is 0 Å². The van der Waals surface area contributed by atoms with Crippen molar-refractivity contribution in [3.8, 4) is 0 Å². The van der Waals surface area contributed by atoms with Crippen molar-refractivity contribution in [1.82, 2.24) is 5.32 Å². The molecule has 4 rings (SSSR count). The third kappa shape index (κ3) is 5.56. The molecule has 6 nitrogen and oxygen atoms in total. The van der Waals surface area contributed by atoms with Gasteiger partial charge >= 0.3 is 0 Å². The Balaban J connectivity index is 1.40. The number of rotatable bonds is 6. The molecule has 0 atom stereocenters. The molecule has 170 valence electrons. The molecular weight excluding hydrogens is 421 g/mol. The Morgan fingerprint density at radius 1 is 0.939 bits per heavy atom. The minimum absolute atomic E-state index is 0.149. The maximum absolute atomic E-state index is 14.7. The highest BCUT2D eigenvalue weighted by molar-refractivity contribution is 6.08. The molecule has 1 heterocycles. The van der Waals surface area contributed by atoms with Crippen LogP contribution in [0.3, 0.4) is 0 Å². The van der Waals surface area contributed by atoms with E-state index in [1.54, 1.807) is 60.7 Å². The summed E-state index contributed by atoms with van der Waals surface area (Å²) in [4.78, 5) is 27.2. The zero-order chi connectivity index (χ0) is 23.2. The number of carbonyl (C=O) groups is 2. The van der Waals surface area contributed by atoms with E-state index in [0.29, 0.717) is 54.0 Å². The van der Waals surface area contributed by atoms with Crippen molar-refractivity contribution in [2.75, 3.05) is 23.3 Å². The largest absolute Gasteiger partial charge is 0.393 e. The minimum atomic E-state index is -0.367. The predicted octanol–water partition coefficient (Wildman–Crippen LogP) is 3.97. The first-order valence-corrected chi connectivity index (χ1v) is 11.0. The molecule has 7 heteroatoms. The first-order chi connectivity index (χ1) is 16.0. The molecular formula is C26H26FN3O3. The summed E-state index contributed by atoms with van der Waals surface area (Å²) in [6.07, 6.45) is 0.925. The zero-order valence-corrected chi connectivity index (χ0v) is 18.1. The summed E-state index contributed by atoms with van der Waals surface area (Å²) in [5, 5.41) is 15.2. The smallest absolute Gasteiger partial charge is 0.255 e. The maximum atomic E-state index is 14.7. The Kier molecular flexibility index (Phi) is 7.00. The van der Waals surface area contributed by atoms with Gasteiger partial charge < -0.3 is 20.6 Å². The maximum Gasteiger partial charge on any atom is 0.255 e. The van der Waals surface area contributed by atoms with Crippen LogP contribution in [0.1, 0.15) is 39.1 Å². The van der Waals surface area contributed by atoms with Crippen LogP contribution in [0, 0.1) is 5.82 Å². The number of para-hydroxylation sites is 1. The van der Waals surface area contributed by atoms with Crippen molar-refractivity contribution in [3.63, 3.8) is 0 Å². The number of aliphatic hydroxyl groups excluding tert-OH is 1. The van der Waals surface area contributed by atoms with Gasteiger partial charge in [-0.2, -0.15) is 0 Å². The number of amides is 2. The Morgan fingerprint density at radius 3 is 2.36 bits per heavy atom. The molecule has 1 fully saturated rings. The summed E-state index contributed by atoms with van der Waals surface area (Å²) in [7, 11) is 0. The van der Waals surface area contributed by atoms with Crippen molar-refractivity contribution in [1.29, 1.82) is 0 Å². The summed E-state index contributed by atoms with van der Waals surface area (Å²) in [5.74, 6) is -1.03. The van der Waals surface area contributed by atoms with Gasteiger partial charge in [0.15, 0.2) is 0 Å². The van der Waals surface area contributed by atoms with E-state index in [1.807, 2.05) is 11.0 Å². The molecule has 3 aromatic rings. The standard InChI is InChI=1S/C26H26FN3O3/c27-22-16-18(10-11-24(22)30-14-12-20(31)13-15-30)17-28-26(33)21-8-4-5-9-23(21)29-25(32)19-6-2-1-3-7-19/h1-11,16,20,31H,12-15,17H2,(H,28,33)(H,29,32). The molecule has 3 N–H and O–H groups in total. The fourth-order valence-electron chi connectivity index (χ4n) is 3.88. The molecule has 0 saturated carbocycles. The lowest BCUT2D eigenvalue weighted by Gasteiger charge is -2.31. The molecule has 1 aliphatic heterocycles. The van der Waals surface area contributed by atoms with Gasteiger partial charge in [-0.15, -0.1) is 0 Å². The second-order valence-corrected chi connectivity index (χ2v) is 8.05. The lowest BCUT2D eigenvalue weighted by atomic mass is 10.1. The summed E-state index contributed by atoms with van der Waals surface area (Å²) >= 11 is 0. The number of hydrogen-bond acceptors (Lipinski definition) is 4. The molecule has 0 unspecified atom stereocenters. The van der Waals surface area contributed by atoms with Gasteiger partial charge in [0.1, 0.15) is 5.82 Å². The van der Waals surface area contributed by atoms with E-state index in [9.17, 15) is 19.1 Å². The predicted molar refractivity (Wildman–Crippen MR) is 126 cm³/mol. The summed E-state index contributed by atoms with van der Waals surface area (Å²) < 4.78 is 14.7. The van der Waals surface area contributed by atoms with E-state index >= 15 is 0 Å². The topological polar surface area (TPSA) is 81.7 Å². The second-order valence-electron chi connectivity index (χ2n) is 8.05.